The van der Waals surface area contributed by atoms with Crippen LogP contribution in [0.25, 0.3) is 0 Å². The third-order valence-electron chi connectivity index (χ3n) is 3.40. The van der Waals surface area contributed by atoms with Crippen molar-refractivity contribution in [3.8, 4) is 5.88 Å². The minimum absolute atomic E-state index is 0.362. The lowest BCUT2D eigenvalue weighted by atomic mass is 9.89. The summed E-state index contributed by atoms with van der Waals surface area (Å²) in [6.45, 7) is 9.68. The van der Waals surface area contributed by atoms with Gasteiger partial charge in [0.2, 0.25) is 5.88 Å². The number of aromatic nitrogens is 1. The smallest absolute Gasteiger partial charge is 0.213 e. The highest BCUT2D eigenvalue weighted by Crippen LogP contribution is 2.21. The van der Waals surface area contributed by atoms with Gasteiger partial charge >= 0.3 is 0 Å². The maximum absolute atomic E-state index is 5.13. The summed E-state index contributed by atoms with van der Waals surface area (Å²) < 4.78 is 5.13. The Kier molecular flexibility index (Phi) is 7.15. The van der Waals surface area contributed by atoms with Crippen molar-refractivity contribution in [1.29, 1.82) is 0 Å². The van der Waals surface area contributed by atoms with E-state index in [9.17, 15) is 0 Å². The second kappa shape index (κ2) is 8.61. The Morgan fingerprint density at radius 2 is 2.14 bits per heavy atom. The third kappa shape index (κ3) is 7.29. The normalized spacial score (nSPS) is 13.6. The molecule has 124 valence electrons. The molecular formula is C17H30N4O. The Labute approximate surface area is 134 Å². The van der Waals surface area contributed by atoms with Gasteiger partial charge in [0, 0.05) is 31.9 Å². The van der Waals surface area contributed by atoms with E-state index in [0.717, 1.165) is 17.9 Å². The van der Waals surface area contributed by atoms with E-state index in [1.165, 1.54) is 6.42 Å². The molecule has 22 heavy (non-hydrogen) atoms. The van der Waals surface area contributed by atoms with Crippen LogP contribution in [0.3, 0.4) is 0 Å². The van der Waals surface area contributed by atoms with Crippen LogP contribution in [-0.2, 0) is 6.54 Å². The molecule has 1 aromatic heterocycles. The fourth-order valence-corrected chi connectivity index (χ4v) is 2.01. The van der Waals surface area contributed by atoms with E-state index in [-0.39, 0.29) is 0 Å². The van der Waals surface area contributed by atoms with Crippen molar-refractivity contribution in [2.45, 2.75) is 53.1 Å². The van der Waals surface area contributed by atoms with E-state index in [2.05, 4.69) is 48.3 Å². The Bertz CT molecular complexity index is 480. The van der Waals surface area contributed by atoms with E-state index in [4.69, 9.17) is 4.74 Å². The predicted octanol–water partition coefficient (Wildman–Crippen LogP) is 2.97. The molecule has 1 aromatic rings. The summed E-state index contributed by atoms with van der Waals surface area (Å²) in [5.74, 6) is 1.44. The molecule has 0 aliphatic heterocycles. The van der Waals surface area contributed by atoms with Crippen LogP contribution in [0.4, 0.5) is 0 Å². The zero-order chi connectivity index (χ0) is 16.6. The first kappa shape index (κ1) is 18.3. The van der Waals surface area contributed by atoms with Crippen LogP contribution in [0.2, 0.25) is 0 Å². The van der Waals surface area contributed by atoms with Crippen molar-refractivity contribution in [3.05, 3.63) is 23.9 Å². The Balaban J connectivity index is 2.45. The molecular weight excluding hydrogens is 276 g/mol. The van der Waals surface area contributed by atoms with Gasteiger partial charge in [-0.25, -0.2) is 4.98 Å². The molecule has 0 aromatic carbocycles. The first-order chi connectivity index (χ1) is 10.3. The number of rotatable bonds is 6. The Morgan fingerprint density at radius 1 is 1.41 bits per heavy atom. The zero-order valence-electron chi connectivity index (χ0n) is 14.7. The molecule has 0 saturated heterocycles. The van der Waals surface area contributed by atoms with Crippen molar-refractivity contribution in [3.63, 3.8) is 0 Å². The number of nitrogens with one attached hydrogen (secondary N) is 2. The van der Waals surface area contributed by atoms with E-state index in [0.29, 0.717) is 23.9 Å². The van der Waals surface area contributed by atoms with Gasteiger partial charge in [-0.05, 0) is 36.8 Å². The fourth-order valence-electron chi connectivity index (χ4n) is 2.01. The van der Waals surface area contributed by atoms with Gasteiger partial charge in [0.25, 0.3) is 0 Å². The molecule has 0 fully saturated rings. The first-order valence-electron chi connectivity index (χ1n) is 7.80. The molecule has 0 aliphatic rings. The molecule has 1 heterocycles. The molecule has 0 radical (unpaired) electrons. The molecule has 2 N–H and O–H groups in total. The average molecular weight is 306 g/mol. The van der Waals surface area contributed by atoms with Crippen molar-refractivity contribution in [2.75, 3.05) is 14.2 Å². The molecule has 0 amide bonds. The SMILES string of the molecule is CN=C(NCc1ccnc(OC)c1)NC(C)CCC(C)(C)C. The number of guanidine groups is 1. The van der Waals surface area contributed by atoms with E-state index in [1.807, 2.05) is 12.1 Å². The van der Waals surface area contributed by atoms with Gasteiger partial charge in [-0.15, -0.1) is 0 Å². The topological polar surface area (TPSA) is 58.5 Å². The minimum Gasteiger partial charge on any atom is -0.481 e. The molecule has 1 atom stereocenters. The van der Waals surface area contributed by atoms with Gasteiger partial charge < -0.3 is 15.4 Å². The molecule has 0 bridgehead atoms. The van der Waals surface area contributed by atoms with E-state index in [1.54, 1.807) is 20.4 Å². The van der Waals surface area contributed by atoms with Gasteiger partial charge in [0.15, 0.2) is 5.96 Å². The minimum atomic E-state index is 0.362. The van der Waals surface area contributed by atoms with Crippen LogP contribution < -0.4 is 15.4 Å². The summed E-state index contributed by atoms with van der Waals surface area (Å²) in [5.41, 5.74) is 1.47. The lowest BCUT2D eigenvalue weighted by molar-refractivity contribution is 0.346. The quantitative estimate of drug-likeness (QED) is 0.626. The van der Waals surface area contributed by atoms with Gasteiger partial charge in [-0.2, -0.15) is 0 Å². The van der Waals surface area contributed by atoms with Gasteiger partial charge in [0.1, 0.15) is 0 Å². The van der Waals surface area contributed by atoms with Gasteiger partial charge in [-0.3, -0.25) is 4.99 Å². The summed E-state index contributed by atoms with van der Waals surface area (Å²) in [7, 11) is 3.41. The summed E-state index contributed by atoms with van der Waals surface area (Å²) in [6.07, 6.45) is 4.05. The van der Waals surface area contributed by atoms with Crippen LogP contribution in [0, 0.1) is 5.41 Å². The molecule has 0 aliphatic carbocycles. The standard InChI is InChI=1S/C17H30N4O/c1-13(7-9-17(2,3)4)21-16(18-5)20-12-14-8-10-19-15(11-14)22-6/h8,10-11,13H,7,9,12H2,1-6H3,(H2,18,20,21). The van der Waals surface area contributed by atoms with Crippen molar-refractivity contribution < 1.29 is 4.74 Å². The summed E-state index contributed by atoms with van der Waals surface area (Å²) in [5, 5.41) is 6.75. The molecule has 5 nitrogen and oxygen atoms in total. The highest BCUT2D eigenvalue weighted by atomic mass is 16.5. The maximum Gasteiger partial charge on any atom is 0.213 e. The van der Waals surface area contributed by atoms with E-state index >= 15 is 0 Å². The summed E-state index contributed by atoms with van der Waals surface area (Å²) in [6, 6.07) is 4.27. The second-order valence-corrected chi connectivity index (χ2v) is 6.78. The number of ether oxygens (including phenoxy) is 1. The number of hydrogen-bond acceptors (Lipinski definition) is 3. The van der Waals surface area contributed by atoms with Crippen LogP contribution in [0.5, 0.6) is 5.88 Å². The van der Waals surface area contributed by atoms with Crippen molar-refractivity contribution >= 4 is 5.96 Å². The molecule has 1 unspecified atom stereocenters. The number of methoxy groups -OCH3 is 1. The largest absolute Gasteiger partial charge is 0.481 e. The van der Waals surface area contributed by atoms with Crippen LogP contribution in [0.15, 0.2) is 23.3 Å². The van der Waals surface area contributed by atoms with Crippen LogP contribution >= 0.6 is 0 Å². The zero-order valence-corrected chi connectivity index (χ0v) is 14.7. The fraction of sp³-hybridized carbons (Fsp3) is 0.647. The number of nitrogens with zero attached hydrogens (tertiary/aromatic N) is 2. The highest BCUT2D eigenvalue weighted by Gasteiger charge is 2.13. The maximum atomic E-state index is 5.13. The second-order valence-electron chi connectivity index (χ2n) is 6.78. The lowest BCUT2D eigenvalue weighted by Crippen LogP contribution is -2.42. The van der Waals surface area contributed by atoms with Crippen LogP contribution in [-0.4, -0.2) is 31.1 Å². The lowest BCUT2D eigenvalue weighted by Gasteiger charge is -2.23. The Morgan fingerprint density at radius 3 is 2.73 bits per heavy atom. The monoisotopic (exact) mass is 306 g/mol. The third-order valence-corrected chi connectivity index (χ3v) is 3.40. The predicted molar refractivity (Wildman–Crippen MR) is 92.3 cm³/mol. The molecule has 5 heteroatoms. The van der Waals surface area contributed by atoms with Crippen LogP contribution in [0.1, 0.15) is 46.1 Å². The van der Waals surface area contributed by atoms with Gasteiger partial charge in [-0.1, -0.05) is 20.8 Å². The number of aliphatic imine (C=N–C) groups is 1. The van der Waals surface area contributed by atoms with Crippen molar-refractivity contribution in [2.24, 2.45) is 10.4 Å². The van der Waals surface area contributed by atoms with Crippen molar-refractivity contribution in [1.82, 2.24) is 15.6 Å². The molecule has 0 saturated carbocycles. The Hall–Kier alpha value is -1.78. The molecule has 0 spiro atoms. The highest BCUT2D eigenvalue weighted by molar-refractivity contribution is 5.79. The summed E-state index contributed by atoms with van der Waals surface area (Å²) in [4.78, 5) is 8.38. The van der Waals surface area contributed by atoms with E-state index < -0.39 is 0 Å². The summed E-state index contributed by atoms with van der Waals surface area (Å²) >= 11 is 0. The average Bonchev–Trinajstić information content (AvgIpc) is 2.48. The molecule has 1 rings (SSSR count). The van der Waals surface area contributed by atoms with Gasteiger partial charge in [0.05, 0.1) is 7.11 Å². The number of pyridine rings is 1. The first-order valence-corrected chi connectivity index (χ1v) is 7.80. The number of hydrogen-bond donors (Lipinski definition) is 2.